The molecule has 0 saturated carbocycles. The van der Waals surface area contributed by atoms with Gasteiger partial charge in [-0.1, -0.05) is 30.3 Å². The van der Waals surface area contributed by atoms with E-state index in [1.54, 1.807) is 0 Å². The number of carboxylic acids is 3. The summed E-state index contributed by atoms with van der Waals surface area (Å²) in [6, 6.07) is 6.52. The van der Waals surface area contributed by atoms with Crippen LogP contribution in [0, 0.1) is 11.5 Å². The van der Waals surface area contributed by atoms with Crippen molar-refractivity contribution in [1.29, 1.82) is 5.26 Å². The first-order chi connectivity index (χ1) is 16.2. The largest absolute Gasteiger partial charge is 0.481 e. The van der Waals surface area contributed by atoms with E-state index in [-0.39, 0.29) is 26.0 Å². The molecule has 184 valence electrons. The first kappa shape index (κ1) is 27.7. The predicted octanol–water partition coefficient (Wildman–Crippen LogP) is 0.871. The Morgan fingerprint density at radius 1 is 0.971 bits per heavy atom. The van der Waals surface area contributed by atoms with E-state index in [1.165, 1.54) is 6.19 Å². The van der Waals surface area contributed by atoms with Gasteiger partial charge in [0.2, 0.25) is 12.2 Å². The number of aliphatic imine (C=N–C) groups is 1. The monoisotopic (exact) mass is 477 g/mol. The normalized spacial score (nSPS) is 12.5. The lowest BCUT2D eigenvalue weighted by Crippen LogP contribution is -2.52. The van der Waals surface area contributed by atoms with E-state index in [0.717, 1.165) is 5.56 Å². The van der Waals surface area contributed by atoms with E-state index in [4.69, 9.17) is 15.1 Å². The molecule has 1 amide bonds. The molecule has 13 nitrogen and oxygen atoms in total. The van der Waals surface area contributed by atoms with Crippen LogP contribution < -0.4 is 16.0 Å². The Balaban J connectivity index is 2.47. The molecule has 0 aromatic heterocycles. The number of unbranched alkanes of at least 4 members (excludes halogenated alkanes) is 1. The second-order valence-electron chi connectivity index (χ2n) is 7.05. The van der Waals surface area contributed by atoms with Crippen molar-refractivity contribution in [3.8, 4) is 6.19 Å². The second-order valence-corrected chi connectivity index (χ2v) is 7.05. The highest BCUT2D eigenvalue weighted by Gasteiger charge is 2.24. The highest BCUT2D eigenvalue weighted by atomic mass is 16.5. The maximum Gasteiger partial charge on any atom is 0.407 e. The molecular weight excluding hydrogens is 450 g/mol. The summed E-state index contributed by atoms with van der Waals surface area (Å²) < 4.78 is 5.07. The van der Waals surface area contributed by atoms with Gasteiger partial charge >= 0.3 is 24.0 Å². The van der Waals surface area contributed by atoms with Gasteiger partial charge in [-0.3, -0.25) is 4.79 Å². The number of nitrogens with zero attached hydrogens (tertiary/aromatic N) is 2. The molecule has 1 aromatic carbocycles. The van der Waals surface area contributed by atoms with Crippen molar-refractivity contribution < 1.29 is 39.2 Å². The molecule has 0 radical (unpaired) electrons. The van der Waals surface area contributed by atoms with Crippen LogP contribution in [0.2, 0.25) is 0 Å². The SMILES string of the molecule is N#C/N=C(/NC(CCCCNC(=O)OCc1ccccc1)C(=O)O)N[C@@H](CCC(=O)O)C(=O)O. The molecule has 0 saturated heterocycles. The average Bonchev–Trinajstić information content (AvgIpc) is 2.79. The lowest BCUT2D eigenvalue weighted by molar-refractivity contribution is -0.140. The molecule has 0 heterocycles. The third-order valence-corrected chi connectivity index (χ3v) is 4.43. The zero-order valence-electron chi connectivity index (χ0n) is 18.3. The number of carboxylic acid groups (broad SMARTS) is 3. The van der Waals surface area contributed by atoms with Gasteiger partial charge in [0.25, 0.3) is 0 Å². The van der Waals surface area contributed by atoms with Crippen molar-refractivity contribution in [1.82, 2.24) is 16.0 Å². The minimum Gasteiger partial charge on any atom is -0.481 e. The van der Waals surface area contributed by atoms with Crippen LogP contribution in [0.15, 0.2) is 35.3 Å². The number of hydrogen-bond acceptors (Lipinski definition) is 7. The Hall–Kier alpha value is -4.34. The summed E-state index contributed by atoms with van der Waals surface area (Å²) in [5.41, 5.74) is 0.838. The fourth-order valence-electron chi connectivity index (χ4n) is 2.71. The zero-order valence-corrected chi connectivity index (χ0v) is 18.3. The van der Waals surface area contributed by atoms with Crippen molar-refractivity contribution >= 4 is 30.0 Å². The lowest BCUT2D eigenvalue weighted by Gasteiger charge is -2.20. The number of amides is 1. The van der Waals surface area contributed by atoms with Gasteiger partial charge in [0, 0.05) is 13.0 Å². The fourth-order valence-corrected chi connectivity index (χ4v) is 2.71. The molecule has 6 N–H and O–H groups in total. The summed E-state index contributed by atoms with van der Waals surface area (Å²) in [4.78, 5) is 48.6. The maximum absolute atomic E-state index is 11.7. The maximum atomic E-state index is 11.7. The van der Waals surface area contributed by atoms with Gasteiger partial charge in [0.15, 0.2) is 0 Å². The van der Waals surface area contributed by atoms with E-state index >= 15 is 0 Å². The van der Waals surface area contributed by atoms with Crippen LogP contribution in [0.5, 0.6) is 0 Å². The van der Waals surface area contributed by atoms with E-state index in [2.05, 4.69) is 20.9 Å². The summed E-state index contributed by atoms with van der Waals surface area (Å²) in [6.45, 7) is 0.364. The second kappa shape index (κ2) is 15.5. The Morgan fingerprint density at radius 2 is 1.59 bits per heavy atom. The molecular formula is C21H27N5O8. The van der Waals surface area contributed by atoms with Crippen LogP contribution in [0.3, 0.4) is 0 Å². The van der Waals surface area contributed by atoms with Crippen LogP contribution in [0.1, 0.15) is 37.7 Å². The van der Waals surface area contributed by atoms with E-state index < -0.39 is 48.5 Å². The topological polar surface area (TPSA) is 210 Å². The van der Waals surface area contributed by atoms with Gasteiger partial charge in [0.1, 0.15) is 18.7 Å². The number of hydrogen-bond donors (Lipinski definition) is 6. The molecule has 2 atom stereocenters. The Labute approximate surface area is 195 Å². The third-order valence-electron chi connectivity index (χ3n) is 4.43. The number of alkyl carbamates (subject to hydrolysis) is 1. The standard InChI is InChI=1S/C21H27N5O8/c22-13-24-20(26-16(19(31)32)9-10-17(27)28)25-15(18(29)30)8-4-5-11-23-21(33)34-12-14-6-2-1-3-7-14/h1-3,6-7,15-16H,4-5,8-12H2,(H,23,33)(H,27,28)(H,29,30)(H,31,32)(H2,24,25,26)/t15?,16-/m0/s1. The van der Waals surface area contributed by atoms with Crippen molar-refractivity contribution in [3.05, 3.63) is 35.9 Å². The van der Waals surface area contributed by atoms with Crippen LogP contribution in [0.4, 0.5) is 4.79 Å². The molecule has 0 spiro atoms. The average molecular weight is 477 g/mol. The van der Waals surface area contributed by atoms with Crippen molar-refractivity contribution in [2.75, 3.05) is 6.54 Å². The summed E-state index contributed by atoms with van der Waals surface area (Å²) >= 11 is 0. The third kappa shape index (κ3) is 11.9. The van der Waals surface area contributed by atoms with Gasteiger partial charge in [0.05, 0.1) is 0 Å². The number of ether oxygens (including phenoxy) is 1. The van der Waals surface area contributed by atoms with Gasteiger partial charge in [-0.05, 0) is 31.2 Å². The number of benzene rings is 1. The highest BCUT2D eigenvalue weighted by Crippen LogP contribution is 2.04. The molecule has 1 aromatic rings. The number of nitriles is 1. The number of rotatable bonds is 14. The summed E-state index contributed by atoms with van der Waals surface area (Å²) in [5.74, 6) is -4.25. The molecule has 0 aliphatic rings. The van der Waals surface area contributed by atoms with Crippen LogP contribution in [-0.2, 0) is 25.7 Å². The number of aliphatic carboxylic acids is 3. The van der Waals surface area contributed by atoms with Crippen molar-refractivity contribution in [2.45, 2.75) is 50.8 Å². The molecule has 1 unspecified atom stereocenters. The van der Waals surface area contributed by atoms with Crippen molar-refractivity contribution in [2.24, 2.45) is 4.99 Å². The molecule has 1 rings (SSSR count). The molecule has 34 heavy (non-hydrogen) atoms. The minimum atomic E-state index is -1.39. The number of carbonyl (C=O) groups is 4. The van der Waals surface area contributed by atoms with Crippen LogP contribution in [-0.4, -0.2) is 63.9 Å². The van der Waals surface area contributed by atoms with Crippen LogP contribution >= 0.6 is 0 Å². The quantitative estimate of drug-likeness (QED) is 0.0957. The smallest absolute Gasteiger partial charge is 0.407 e. The first-order valence-electron chi connectivity index (χ1n) is 10.3. The Bertz CT molecular complexity index is 900. The van der Waals surface area contributed by atoms with Crippen LogP contribution in [0.25, 0.3) is 0 Å². The van der Waals surface area contributed by atoms with Gasteiger partial charge < -0.3 is 36.0 Å². The lowest BCUT2D eigenvalue weighted by atomic mass is 10.1. The summed E-state index contributed by atoms with van der Waals surface area (Å²) in [7, 11) is 0. The molecule has 0 aliphatic carbocycles. The zero-order chi connectivity index (χ0) is 25.3. The Kier molecular flexibility index (Phi) is 12.6. The van der Waals surface area contributed by atoms with E-state index in [0.29, 0.717) is 12.8 Å². The van der Waals surface area contributed by atoms with E-state index in [9.17, 15) is 29.4 Å². The van der Waals surface area contributed by atoms with Gasteiger partial charge in [-0.15, -0.1) is 4.99 Å². The predicted molar refractivity (Wildman–Crippen MR) is 118 cm³/mol. The number of nitrogens with one attached hydrogen (secondary N) is 3. The van der Waals surface area contributed by atoms with Crippen molar-refractivity contribution in [3.63, 3.8) is 0 Å². The molecule has 0 fully saturated rings. The summed E-state index contributed by atoms with van der Waals surface area (Å²) in [5, 5.41) is 43.5. The highest BCUT2D eigenvalue weighted by molar-refractivity contribution is 5.89. The Morgan fingerprint density at radius 3 is 2.15 bits per heavy atom. The fraction of sp³-hybridized carbons (Fsp3) is 0.429. The number of carbonyl (C=O) groups excluding carboxylic acids is 1. The molecule has 0 bridgehead atoms. The molecule has 13 heteroatoms. The summed E-state index contributed by atoms with van der Waals surface area (Å²) in [6.07, 6.45) is 0.945. The first-order valence-corrected chi connectivity index (χ1v) is 10.3. The molecule has 0 aliphatic heterocycles. The minimum absolute atomic E-state index is 0.0784. The number of guanidine groups is 1. The van der Waals surface area contributed by atoms with E-state index in [1.807, 2.05) is 30.3 Å². The van der Waals surface area contributed by atoms with Gasteiger partial charge in [-0.25, -0.2) is 14.4 Å². The van der Waals surface area contributed by atoms with Gasteiger partial charge in [-0.2, -0.15) is 5.26 Å².